The van der Waals surface area contributed by atoms with Crippen molar-refractivity contribution < 1.29 is 9.59 Å². The predicted octanol–water partition coefficient (Wildman–Crippen LogP) is -0.483. The molecule has 0 radical (unpaired) electrons. The Kier molecular flexibility index (Phi) is 3.23. The summed E-state index contributed by atoms with van der Waals surface area (Å²) in [7, 11) is 0. The van der Waals surface area contributed by atoms with Gasteiger partial charge in [0.25, 0.3) is 5.91 Å². The average Bonchev–Trinajstić information content (AvgIpc) is 2.97. The fourth-order valence-corrected chi connectivity index (χ4v) is 1.72. The lowest BCUT2D eigenvalue weighted by atomic mass is 10.3. The fraction of sp³-hybridized carbons (Fsp3) is 0.556. The molecule has 1 atom stereocenters. The van der Waals surface area contributed by atoms with E-state index >= 15 is 0 Å². The molecule has 1 aromatic rings. The number of aromatic nitrogens is 2. The van der Waals surface area contributed by atoms with Crippen molar-refractivity contribution in [2.24, 2.45) is 0 Å². The summed E-state index contributed by atoms with van der Waals surface area (Å²) in [4.78, 5) is 23.2. The molecule has 0 spiro atoms. The number of nitrogen functional groups attached to an aromatic ring is 1. The molecule has 0 aliphatic heterocycles. The third kappa shape index (κ3) is 3.13. The highest BCUT2D eigenvalue weighted by atomic mass is 32.1. The van der Waals surface area contributed by atoms with Crippen molar-refractivity contribution in [1.29, 1.82) is 0 Å². The van der Waals surface area contributed by atoms with Gasteiger partial charge in [0, 0.05) is 6.04 Å². The van der Waals surface area contributed by atoms with Gasteiger partial charge in [0.1, 0.15) is 6.04 Å². The number of carbonyl (C=O) groups excluding carboxylic acids is 2. The van der Waals surface area contributed by atoms with Crippen LogP contribution in [-0.2, 0) is 4.79 Å². The summed E-state index contributed by atoms with van der Waals surface area (Å²) in [6, 6.07) is -0.313. The normalized spacial score (nSPS) is 16.3. The van der Waals surface area contributed by atoms with Crippen molar-refractivity contribution in [2.75, 3.05) is 5.73 Å². The van der Waals surface area contributed by atoms with Gasteiger partial charge in [0.2, 0.25) is 16.0 Å². The topological polar surface area (TPSA) is 110 Å². The molecular weight excluding hydrogens is 242 g/mol. The van der Waals surface area contributed by atoms with Crippen LogP contribution in [0.15, 0.2) is 0 Å². The van der Waals surface area contributed by atoms with Crippen LogP contribution in [0, 0.1) is 0 Å². The number of rotatable bonds is 4. The summed E-state index contributed by atoms with van der Waals surface area (Å²) in [5.74, 6) is -0.615. The number of hydrogen-bond acceptors (Lipinski definition) is 6. The van der Waals surface area contributed by atoms with Crippen LogP contribution in [0.25, 0.3) is 0 Å². The number of nitrogens with one attached hydrogen (secondary N) is 2. The van der Waals surface area contributed by atoms with Crippen LogP contribution in [0.4, 0.5) is 5.13 Å². The summed E-state index contributed by atoms with van der Waals surface area (Å²) in [6.45, 7) is 1.63. The zero-order valence-electron chi connectivity index (χ0n) is 9.27. The standard InChI is InChI=1S/C9H13N5O2S/c1-4(6(15)12-5-2-3-5)11-7(16)8-13-14-9(10)17-8/h4-5H,2-3H2,1H3,(H2,10,14)(H,11,16)(H,12,15). The van der Waals surface area contributed by atoms with E-state index in [1.807, 2.05) is 0 Å². The lowest BCUT2D eigenvalue weighted by molar-refractivity contribution is -0.122. The molecule has 0 aromatic carbocycles. The number of hydrogen-bond donors (Lipinski definition) is 3. The Bertz CT molecular complexity index is 442. The van der Waals surface area contributed by atoms with E-state index < -0.39 is 11.9 Å². The molecule has 1 saturated carbocycles. The summed E-state index contributed by atoms with van der Waals surface area (Å²) in [6.07, 6.45) is 2.03. The minimum absolute atomic E-state index is 0.161. The van der Waals surface area contributed by atoms with Crippen LogP contribution < -0.4 is 16.4 Å². The third-order valence-corrected chi connectivity index (χ3v) is 3.05. The first-order valence-corrected chi connectivity index (χ1v) is 6.08. The van der Waals surface area contributed by atoms with E-state index in [0.717, 1.165) is 24.2 Å². The number of carbonyl (C=O) groups is 2. The molecule has 2 amide bonds. The lowest BCUT2D eigenvalue weighted by Crippen LogP contribution is -2.45. The summed E-state index contributed by atoms with van der Waals surface area (Å²) in [5, 5.41) is 12.9. The summed E-state index contributed by atoms with van der Waals surface area (Å²) in [5.41, 5.74) is 5.37. The zero-order valence-corrected chi connectivity index (χ0v) is 10.1. The highest BCUT2D eigenvalue weighted by Crippen LogP contribution is 2.18. The Balaban J connectivity index is 1.86. The molecule has 1 aliphatic carbocycles. The molecule has 2 rings (SSSR count). The van der Waals surface area contributed by atoms with E-state index in [0.29, 0.717) is 0 Å². The monoisotopic (exact) mass is 255 g/mol. The van der Waals surface area contributed by atoms with Crippen molar-refractivity contribution in [2.45, 2.75) is 31.8 Å². The maximum Gasteiger partial charge on any atom is 0.282 e. The number of nitrogens with two attached hydrogens (primary N) is 1. The Labute approximate surface area is 102 Å². The van der Waals surface area contributed by atoms with Crippen LogP contribution in [-0.4, -0.2) is 34.1 Å². The Morgan fingerprint density at radius 1 is 1.47 bits per heavy atom. The van der Waals surface area contributed by atoms with Gasteiger partial charge in [0.15, 0.2) is 0 Å². The van der Waals surface area contributed by atoms with Crippen LogP contribution in [0.2, 0.25) is 0 Å². The number of anilines is 1. The Morgan fingerprint density at radius 2 is 2.18 bits per heavy atom. The molecule has 1 heterocycles. The first kappa shape index (κ1) is 11.8. The maximum absolute atomic E-state index is 11.6. The van der Waals surface area contributed by atoms with Gasteiger partial charge in [-0.15, -0.1) is 10.2 Å². The quantitative estimate of drug-likeness (QED) is 0.673. The maximum atomic E-state index is 11.6. The molecule has 7 nitrogen and oxygen atoms in total. The number of nitrogens with zero attached hydrogens (tertiary/aromatic N) is 2. The van der Waals surface area contributed by atoms with Crippen molar-refractivity contribution in [3.8, 4) is 0 Å². The van der Waals surface area contributed by atoms with Crippen LogP contribution in [0.1, 0.15) is 29.6 Å². The van der Waals surface area contributed by atoms with E-state index in [4.69, 9.17) is 5.73 Å². The first-order chi connectivity index (χ1) is 8.06. The minimum atomic E-state index is -0.590. The number of amides is 2. The Hall–Kier alpha value is -1.70. The van der Waals surface area contributed by atoms with Crippen molar-refractivity contribution >= 4 is 28.3 Å². The molecule has 8 heteroatoms. The minimum Gasteiger partial charge on any atom is -0.374 e. The molecule has 1 fully saturated rings. The zero-order chi connectivity index (χ0) is 12.4. The van der Waals surface area contributed by atoms with Crippen LogP contribution in [0.3, 0.4) is 0 Å². The predicted molar refractivity (Wildman–Crippen MR) is 62.4 cm³/mol. The van der Waals surface area contributed by atoms with E-state index in [-0.39, 0.29) is 22.1 Å². The Morgan fingerprint density at radius 3 is 2.71 bits per heavy atom. The molecule has 1 unspecified atom stereocenters. The molecular formula is C9H13N5O2S. The average molecular weight is 255 g/mol. The highest BCUT2D eigenvalue weighted by Gasteiger charge is 2.26. The molecule has 0 bridgehead atoms. The van der Waals surface area contributed by atoms with Crippen LogP contribution in [0.5, 0.6) is 0 Å². The van der Waals surface area contributed by atoms with Gasteiger partial charge < -0.3 is 16.4 Å². The van der Waals surface area contributed by atoms with Gasteiger partial charge >= 0.3 is 0 Å². The third-order valence-electron chi connectivity index (χ3n) is 2.30. The smallest absolute Gasteiger partial charge is 0.282 e. The second-order valence-electron chi connectivity index (χ2n) is 3.92. The second-order valence-corrected chi connectivity index (χ2v) is 4.93. The fourth-order valence-electron chi connectivity index (χ4n) is 1.20. The van der Waals surface area contributed by atoms with Gasteiger partial charge in [-0.1, -0.05) is 11.3 Å². The van der Waals surface area contributed by atoms with Crippen molar-refractivity contribution in [3.05, 3.63) is 5.01 Å². The van der Waals surface area contributed by atoms with Gasteiger partial charge in [0.05, 0.1) is 0 Å². The van der Waals surface area contributed by atoms with Gasteiger partial charge in [-0.2, -0.15) is 0 Å². The van der Waals surface area contributed by atoms with Gasteiger partial charge in [-0.05, 0) is 19.8 Å². The van der Waals surface area contributed by atoms with Crippen LogP contribution >= 0.6 is 11.3 Å². The SMILES string of the molecule is CC(NC(=O)c1nnc(N)s1)C(=O)NC1CC1. The molecule has 92 valence electrons. The summed E-state index contributed by atoms with van der Waals surface area (Å²) < 4.78 is 0. The summed E-state index contributed by atoms with van der Waals surface area (Å²) >= 11 is 0.988. The second kappa shape index (κ2) is 4.66. The van der Waals surface area contributed by atoms with E-state index in [1.54, 1.807) is 6.92 Å². The lowest BCUT2D eigenvalue weighted by Gasteiger charge is -2.12. The molecule has 1 aliphatic rings. The molecule has 1 aromatic heterocycles. The van der Waals surface area contributed by atoms with Gasteiger partial charge in [-0.25, -0.2) is 0 Å². The van der Waals surface area contributed by atoms with Gasteiger partial charge in [-0.3, -0.25) is 9.59 Å². The van der Waals surface area contributed by atoms with Crippen molar-refractivity contribution in [3.63, 3.8) is 0 Å². The molecule has 17 heavy (non-hydrogen) atoms. The van der Waals surface area contributed by atoms with E-state index in [9.17, 15) is 9.59 Å². The van der Waals surface area contributed by atoms with E-state index in [1.165, 1.54) is 0 Å². The first-order valence-electron chi connectivity index (χ1n) is 5.26. The molecule has 0 saturated heterocycles. The van der Waals surface area contributed by atoms with Crippen molar-refractivity contribution in [1.82, 2.24) is 20.8 Å². The molecule has 4 N–H and O–H groups in total. The highest BCUT2D eigenvalue weighted by molar-refractivity contribution is 7.16. The van der Waals surface area contributed by atoms with E-state index in [2.05, 4.69) is 20.8 Å². The largest absolute Gasteiger partial charge is 0.374 e.